The number of halogens is 1. The minimum atomic E-state index is -4.05. The zero-order chi connectivity index (χ0) is 47.6. The summed E-state index contributed by atoms with van der Waals surface area (Å²) >= 11 is 0. The Hall–Kier alpha value is -4.71. The lowest BCUT2D eigenvalue weighted by molar-refractivity contribution is 0.354. The Labute approximate surface area is 397 Å². The predicted octanol–water partition coefficient (Wildman–Crippen LogP) is 4.89. The Morgan fingerprint density at radius 2 is 0.985 bits per heavy atom. The Morgan fingerprint density at radius 3 is 1.39 bits per heavy atom. The van der Waals surface area contributed by atoms with E-state index in [4.69, 9.17) is 9.47 Å². The lowest BCUT2D eigenvalue weighted by Crippen LogP contribution is -2.32. The fraction of sp³-hybridized carbons (Fsp3) is 0.442. The van der Waals surface area contributed by atoms with Crippen molar-refractivity contribution in [3.05, 3.63) is 84.4 Å². The van der Waals surface area contributed by atoms with E-state index in [9.17, 15) is 33.7 Å². The van der Waals surface area contributed by atoms with Gasteiger partial charge in [-0.3, -0.25) is 18.1 Å². The highest BCUT2D eigenvalue weighted by Crippen LogP contribution is 2.37. The first-order chi connectivity index (χ1) is 30.7. The maximum absolute atomic E-state index is 13.2. The van der Waals surface area contributed by atoms with E-state index in [1.165, 1.54) is 53.2 Å². The molecule has 6 rings (SSSR count). The maximum atomic E-state index is 13.2. The van der Waals surface area contributed by atoms with Crippen LogP contribution in [0.5, 0.6) is 11.5 Å². The van der Waals surface area contributed by atoms with Crippen molar-refractivity contribution in [1.82, 2.24) is 10.6 Å². The molecule has 366 valence electrons. The Kier molecular flexibility index (Phi) is 19.1. The van der Waals surface area contributed by atoms with E-state index in [2.05, 4.69) is 29.9 Å². The molecular weight excluding hydrogens is 952 g/mol. The van der Waals surface area contributed by atoms with Gasteiger partial charge in [-0.2, -0.15) is 0 Å². The van der Waals surface area contributed by atoms with Gasteiger partial charge < -0.3 is 29.9 Å². The second-order valence-corrected chi connectivity index (χ2v) is 22.7. The van der Waals surface area contributed by atoms with Crippen LogP contribution in [0.4, 0.5) is 34.1 Å². The van der Waals surface area contributed by atoms with Crippen LogP contribution in [0.1, 0.15) is 32.3 Å². The van der Waals surface area contributed by atoms with E-state index < -0.39 is 40.1 Å². The van der Waals surface area contributed by atoms with E-state index in [1.54, 1.807) is 56.3 Å². The number of hydrogen-bond acceptors (Lipinski definition) is 14. The average molecular weight is 1020 g/mol. The molecule has 0 amide bonds. The number of anilines is 6. The fourth-order valence-electron chi connectivity index (χ4n) is 7.50. The summed E-state index contributed by atoms with van der Waals surface area (Å²) in [7, 11) is -12.3. The molecule has 2 heterocycles. The molecule has 2 fully saturated rings. The molecule has 2 aliphatic rings. The Morgan fingerprint density at radius 1 is 0.561 bits per heavy atom. The monoisotopic (exact) mass is 1010 g/mol. The molecule has 2 aliphatic heterocycles. The topological polar surface area (TPSA) is 216 Å². The summed E-state index contributed by atoms with van der Waals surface area (Å²) in [5.74, 6) is 0.662. The molecule has 0 spiro atoms. The third-order valence-corrected chi connectivity index (χ3v) is 16.0. The van der Waals surface area contributed by atoms with Crippen molar-refractivity contribution in [2.45, 2.75) is 43.4 Å². The number of nitrogens with one attached hydrogen (secondary N) is 4. The highest BCUT2D eigenvalue weighted by atomic mass is 35.5. The molecule has 0 unspecified atom stereocenters. The quantitative estimate of drug-likeness (QED) is 0.118. The van der Waals surface area contributed by atoms with Gasteiger partial charge in [-0.1, -0.05) is 17.7 Å². The third kappa shape index (κ3) is 13.9. The van der Waals surface area contributed by atoms with Gasteiger partial charge >= 0.3 is 0 Å². The van der Waals surface area contributed by atoms with E-state index in [-0.39, 0.29) is 58.1 Å². The van der Waals surface area contributed by atoms with Gasteiger partial charge in [-0.05, 0) is 107 Å². The first-order valence-corrected chi connectivity index (χ1v) is 27.9. The van der Waals surface area contributed by atoms with Crippen LogP contribution in [0.3, 0.4) is 0 Å². The lowest BCUT2D eigenvalue weighted by Gasteiger charge is -2.28. The molecule has 4 aromatic rings. The molecule has 23 heteroatoms. The molecule has 66 heavy (non-hydrogen) atoms. The summed E-state index contributed by atoms with van der Waals surface area (Å²) in [6, 6.07) is 21.1. The normalized spacial score (nSPS) is 14.9. The second-order valence-electron chi connectivity index (χ2n) is 15.5. The smallest absolute Gasteiger partial charge is 0.262 e. The highest BCUT2D eigenvalue weighted by molar-refractivity contribution is 7.93. The average Bonchev–Trinajstić information content (AvgIpc) is 3.71. The SMILES string of the molecule is CCN(c1cc(N2CCCNCC2)ccc1NS(=O)(=O)c1ccc(C)cc1)S(C)(=O)=O.CCN(c1cc(N2CCCNCC2)ccc1NS(=O)(=O)c1ccc(OC)c(OC)c1)S(C)(=O)=O.Cl. The fourth-order valence-corrected chi connectivity index (χ4v) is 11.6. The van der Waals surface area contributed by atoms with E-state index in [0.717, 1.165) is 94.6 Å². The standard InChI is InChI=1S/C22H32N4O6S2.C21H30N4O4S2.ClH/c1-5-26(33(4,27)28)20-15-17(25-13-6-11-23-12-14-25)7-9-19(20)24-34(29,30)18-8-10-21(31-2)22(16-18)32-3;1-4-25(30(3,26)27)21-16-18(24-14-5-12-22-13-15-24)8-11-20(21)23-31(28,29)19-9-6-17(2)7-10-19;/h7-10,15-16,23-24H,5-6,11-14H2,1-4H3;6-11,16,22-23H,4-5,12-15H2,1-3H3;1H. The van der Waals surface area contributed by atoms with Crippen molar-refractivity contribution in [2.24, 2.45) is 0 Å². The largest absolute Gasteiger partial charge is 0.493 e. The number of sulfonamides is 4. The minimum Gasteiger partial charge on any atom is -0.493 e. The molecule has 0 saturated carbocycles. The molecule has 4 N–H and O–H groups in total. The minimum absolute atomic E-state index is 0. The maximum Gasteiger partial charge on any atom is 0.262 e. The zero-order valence-electron chi connectivity index (χ0n) is 38.4. The molecule has 0 bridgehead atoms. The number of methoxy groups -OCH3 is 2. The summed E-state index contributed by atoms with van der Waals surface area (Å²) < 4.78 is 120. The van der Waals surface area contributed by atoms with E-state index in [0.29, 0.717) is 11.4 Å². The van der Waals surface area contributed by atoms with E-state index in [1.807, 2.05) is 13.0 Å². The van der Waals surface area contributed by atoms with Crippen LogP contribution >= 0.6 is 12.4 Å². The van der Waals surface area contributed by atoms with Crippen LogP contribution in [-0.2, 0) is 40.1 Å². The van der Waals surface area contributed by atoms with Crippen LogP contribution in [-0.4, -0.2) is 126 Å². The van der Waals surface area contributed by atoms with Crippen molar-refractivity contribution >= 4 is 86.6 Å². The number of benzene rings is 4. The second kappa shape index (κ2) is 23.3. The van der Waals surface area contributed by atoms with Crippen molar-refractivity contribution < 1.29 is 43.1 Å². The zero-order valence-corrected chi connectivity index (χ0v) is 42.5. The summed E-state index contributed by atoms with van der Waals surface area (Å²) in [6.07, 6.45) is 4.15. The molecule has 4 aromatic carbocycles. The van der Waals surface area contributed by atoms with Gasteiger partial charge in [-0.15, -0.1) is 12.4 Å². The van der Waals surface area contributed by atoms with Gasteiger partial charge in [0.2, 0.25) is 20.0 Å². The van der Waals surface area contributed by atoms with Crippen LogP contribution in [0.2, 0.25) is 0 Å². The Balaban J connectivity index is 0.000000285. The van der Waals surface area contributed by atoms with E-state index >= 15 is 0 Å². The first kappa shape index (κ1) is 53.9. The number of hydrogen-bond donors (Lipinski definition) is 4. The van der Waals surface area contributed by atoms with Crippen LogP contribution in [0.25, 0.3) is 0 Å². The van der Waals surface area contributed by atoms with Crippen molar-refractivity contribution in [3.63, 3.8) is 0 Å². The molecule has 0 atom stereocenters. The number of rotatable bonds is 16. The molecule has 0 aliphatic carbocycles. The van der Waals surface area contributed by atoms with Crippen LogP contribution < -0.4 is 48.0 Å². The van der Waals surface area contributed by atoms with Gasteiger partial charge in [0.15, 0.2) is 11.5 Å². The van der Waals surface area contributed by atoms with Crippen LogP contribution in [0, 0.1) is 6.92 Å². The van der Waals surface area contributed by atoms with Gasteiger partial charge in [0.05, 0.1) is 59.3 Å². The predicted molar refractivity (Wildman–Crippen MR) is 268 cm³/mol. The number of nitrogens with zero attached hydrogens (tertiary/aromatic N) is 4. The van der Waals surface area contributed by atoms with Gasteiger partial charge in [0.25, 0.3) is 20.0 Å². The molecule has 0 aromatic heterocycles. The van der Waals surface area contributed by atoms with Crippen molar-refractivity contribution in [1.29, 1.82) is 0 Å². The molecule has 0 radical (unpaired) electrons. The highest BCUT2D eigenvalue weighted by Gasteiger charge is 2.27. The summed E-state index contributed by atoms with van der Waals surface area (Å²) in [6.45, 7) is 12.3. The summed E-state index contributed by atoms with van der Waals surface area (Å²) in [4.78, 5) is 4.42. The van der Waals surface area contributed by atoms with Crippen LogP contribution in [0.15, 0.2) is 88.7 Å². The lowest BCUT2D eigenvalue weighted by atomic mass is 10.2. The van der Waals surface area contributed by atoms with Gasteiger partial charge in [-0.25, -0.2) is 33.7 Å². The molecule has 2 saturated heterocycles. The first-order valence-electron chi connectivity index (χ1n) is 21.2. The van der Waals surface area contributed by atoms with Gasteiger partial charge in [0, 0.05) is 69.8 Å². The number of aryl methyl sites for hydroxylation is 1. The molecular formula is C43H63ClN8O10S4. The third-order valence-electron chi connectivity index (χ3n) is 10.8. The molecule has 18 nitrogen and oxygen atoms in total. The van der Waals surface area contributed by atoms with Crippen molar-refractivity contribution in [3.8, 4) is 11.5 Å². The number of ether oxygens (including phenoxy) is 2. The summed E-state index contributed by atoms with van der Waals surface area (Å²) in [5.41, 5.74) is 3.61. The van der Waals surface area contributed by atoms with Crippen molar-refractivity contribution in [2.75, 3.05) is 120 Å². The van der Waals surface area contributed by atoms with Gasteiger partial charge in [0.1, 0.15) is 0 Å². The summed E-state index contributed by atoms with van der Waals surface area (Å²) in [5, 5.41) is 6.68. The Bertz CT molecular complexity index is 2700.